The van der Waals surface area contributed by atoms with Gasteiger partial charge in [-0.15, -0.1) is 10.2 Å². The fourth-order valence-electron chi connectivity index (χ4n) is 1.66. The topological polar surface area (TPSA) is 66.9 Å². The second kappa shape index (κ2) is 3.89. The van der Waals surface area contributed by atoms with Gasteiger partial charge in [-0.25, -0.2) is 0 Å². The standard InChI is InChI=1S/C11H13N5/c1-4-5-10-13-14-11-8(3)7(2)9(6-12)15-16(10)11/h4-5H2,1-3H3. The summed E-state index contributed by atoms with van der Waals surface area (Å²) in [5.41, 5.74) is 3.05. The first-order chi connectivity index (χ1) is 7.69. The maximum Gasteiger partial charge on any atom is 0.181 e. The van der Waals surface area contributed by atoms with Crippen LogP contribution in [0.2, 0.25) is 0 Å². The van der Waals surface area contributed by atoms with E-state index in [-0.39, 0.29) is 0 Å². The summed E-state index contributed by atoms with van der Waals surface area (Å²) in [7, 11) is 0. The second-order valence-corrected chi connectivity index (χ2v) is 3.81. The molecule has 0 amide bonds. The van der Waals surface area contributed by atoms with Gasteiger partial charge in [-0.3, -0.25) is 0 Å². The van der Waals surface area contributed by atoms with E-state index in [0.29, 0.717) is 5.69 Å². The molecule has 0 N–H and O–H groups in total. The van der Waals surface area contributed by atoms with Gasteiger partial charge in [-0.05, 0) is 25.8 Å². The SMILES string of the molecule is CCCc1nnc2c(C)c(C)c(C#N)nn12. The molecule has 0 saturated heterocycles. The van der Waals surface area contributed by atoms with Crippen LogP contribution >= 0.6 is 0 Å². The number of hydrogen-bond acceptors (Lipinski definition) is 4. The molecular formula is C11H13N5. The Labute approximate surface area is 93.7 Å². The highest BCUT2D eigenvalue weighted by Gasteiger charge is 2.13. The van der Waals surface area contributed by atoms with Crippen molar-refractivity contribution in [2.24, 2.45) is 0 Å². The highest BCUT2D eigenvalue weighted by Crippen LogP contribution is 2.15. The molecular weight excluding hydrogens is 202 g/mol. The molecule has 0 aliphatic heterocycles. The molecule has 16 heavy (non-hydrogen) atoms. The maximum atomic E-state index is 8.99. The van der Waals surface area contributed by atoms with Crippen molar-refractivity contribution >= 4 is 5.65 Å². The summed E-state index contributed by atoms with van der Waals surface area (Å²) in [5, 5.41) is 21.5. The molecule has 0 radical (unpaired) electrons. The minimum absolute atomic E-state index is 0.446. The Morgan fingerprint density at radius 2 is 2.00 bits per heavy atom. The number of fused-ring (bicyclic) bond motifs is 1. The van der Waals surface area contributed by atoms with Crippen molar-refractivity contribution in [1.82, 2.24) is 19.8 Å². The first-order valence-electron chi connectivity index (χ1n) is 5.30. The summed E-state index contributed by atoms with van der Waals surface area (Å²) in [4.78, 5) is 0. The van der Waals surface area contributed by atoms with E-state index in [1.807, 2.05) is 13.8 Å². The summed E-state index contributed by atoms with van der Waals surface area (Å²) < 4.78 is 1.68. The van der Waals surface area contributed by atoms with E-state index in [1.165, 1.54) is 0 Å². The third kappa shape index (κ3) is 1.43. The fraction of sp³-hybridized carbons (Fsp3) is 0.455. The normalized spacial score (nSPS) is 10.6. The highest BCUT2D eigenvalue weighted by atomic mass is 15.4. The quantitative estimate of drug-likeness (QED) is 0.762. The zero-order chi connectivity index (χ0) is 11.7. The summed E-state index contributed by atoms with van der Waals surface area (Å²) in [6.07, 6.45) is 1.80. The predicted molar refractivity (Wildman–Crippen MR) is 59.0 cm³/mol. The Balaban J connectivity index is 2.76. The zero-order valence-electron chi connectivity index (χ0n) is 9.65. The Morgan fingerprint density at radius 3 is 2.62 bits per heavy atom. The minimum atomic E-state index is 0.446. The number of aryl methyl sites for hydroxylation is 2. The second-order valence-electron chi connectivity index (χ2n) is 3.81. The average molecular weight is 215 g/mol. The van der Waals surface area contributed by atoms with Gasteiger partial charge in [-0.1, -0.05) is 6.92 Å². The summed E-state index contributed by atoms with van der Waals surface area (Å²) >= 11 is 0. The molecule has 82 valence electrons. The van der Waals surface area contributed by atoms with Crippen LogP contribution in [-0.4, -0.2) is 19.8 Å². The molecule has 0 atom stereocenters. The lowest BCUT2D eigenvalue weighted by Gasteiger charge is -2.04. The third-order valence-electron chi connectivity index (χ3n) is 2.74. The van der Waals surface area contributed by atoms with Crippen LogP contribution in [0.1, 0.15) is 36.0 Å². The van der Waals surface area contributed by atoms with Crippen molar-refractivity contribution in [3.8, 4) is 6.07 Å². The van der Waals surface area contributed by atoms with Crippen molar-refractivity contribution in [3.63, 3.8) is 0 Å². The van der Waals surface area contributed by atoms with Crippen LogP contribution in [0.25, 0.3) is 5.65 Å². The first-order valence-corrected chi connectivity index (χ1v) is 5.30. The molecule has 5 heteroatoms. The predicted octanol–water partition coefficient (Wildman–Crippen LogP) is 1.57. The smallest absolute Gasteiger partial charge is 0.181 e. The van der Waals surface area contributed by atoms with Gasteiger partial charge < -0.3 is 0 Å². The number of hydrogen-bond donors (Lipinski definition) is 0. The van der Waals surface area contributed by atoms with Crippen LogP contribution in [0.3, 0.4) is 0 Å². The van der Waals surface area contributed by atoms with Gasteiger partial charge in [0.05, 0.1) is 0 Å². The Hall–Kier alpha value is -1.96. The van der Waals surface area contributed by atoms with E-state index in [1.54, 1.807) is 4.52 Å². The van der Waals surface area contributed by atoms with E-state index in [9.17, 15) is 0 Å². The van der Waals surface area contributed by atoms with E-state index in [4.69, 9.17) is 5.26 Å². The molecule has 0 aliphatic carbocycles. The van der Waals surface area contributed by atoms with E-state index < -0.39 is 0 Å². The van der Waals surface area contributed by atoms with Crippen molar-refractivity contribution in [2.45, 2.75) is 33.6 Å². The number of rotatable bonds is 2. The van der Waals surface area contributed by atoms with Crippen molar-refractivity contribution < 1.29 is 0 Å². The van der Waals surface area contributed by atoms with Gasteiger partial charge in [0.1, 0.15) is 6.07 Å². The third-order valence-corrected chi connectivity index (χ3v) is 2.74. The lowest BCUT2D eigenvalue weighted by molar-refractivity contribution is 0.763. The largest absolute Gasteiger partial charge is 0.196 e. The minimum Gasteiger partial charge on any atom is -0.196 e. The van der Waals surface area contributed by atoms with Crippen LogP contribution in [0, 0.1) is 25.2 Å². The molecule has 2 heterocycles. The summed E-state index contributed by atoms with van der Waals surface area (Å²) in [5.74, 6) is 0.817. The number of aromatic nitrogens is 4. The van der Waals surface area contributed by atoms with Gasteiger partial charge in [-0.2, -0.15) is 14.9 Å². The highest BCUT2D eigenvalue weighted by molar-refractivity contribution is 5.52. The molecule has 0 saturated carbocycles. The van der Waals surface area contributed by atoms with Gasteiger partial charge in [0, 0.05) is 12.0 Å². The summed E-state index contributed by atoms with van der Waals surface area (Å²) in [6.45, 7) is 5.90. The number of nitriles is 1. The van der Waals surface area contributed by atoms with Gasteiger partial charge in [0.25, 0.3) is 0 Å². The lowest BCUT2D eigenvalue weighted by atomic mass is 10.1. The van der Waals surface area contributed by atoms with Crippen LogP contribution < -0.4 is 0 Å². The molecule has 2 aromatic heterocycles. The molecule has 0 fully saturated rings. The molecule has 0 spiro atoms. The van der Waals surface area contributed by atoms with Crippen LogP contribution in [0.4, 0.5) is 0 Å². The molecule has 2 aromatic rings. The lowest BCUT2D eigenvalue weighted by Crippen LogP contribution is -2.04. The zero-order valence-corrected chi connectivity index (χ0v) is 9.65. The number of nitrogens with zero attached hydrogens (tertiary/aromatic N) is 5. The van der Waals surface area contributed by atoms with Gasteiger partial charge in [0.15, 0.2) is 17.2 Å². The molecule has 5 nitrogen and oxygen atoms in total. The van der Waals surface area contributed by atoms with E-state index in [0.717, 1.165) is 35.4 Å². The van der Waals surface area contributed by atoms with Gasteiger partial charge >= 0.3 is 0 Å². The van der Waals surface area contributed by atoms with Crippen LogP contribution in [0.15, 0.2) is 0 Å². The first kappa shape index (κ1) is 10.6. The van der Waals surface area contributed by atoms with Crippen LogP contribution in [-0.2, 0) is 6.42 Å². The van der Waals surface area contributed by atoms with Crippen molar-refractivity contribution in [1.29, 1.82) is 5.26 Å². The fourth-order valence-corrected chi connectivity index (χ4v) is 1.66. The summed E-state index contributed by atoms with van der Waals surface area (Å²) in [6, 6.07) is 2.10. The Bertz CT molecular complexity index is 576. The van der Waals surface area contributed by atoms with Crippen LogP contribution in [0.5, 0.6) is 0 Å². The molecule has 0 aliphatic rings. The Morgan fingerprint density at radius 1 is 1.25 bits per heavy atom. The van der Waals surface area contributed by atoms with Crippen molar-refractivity contribution in [2.75, 3.05) is 0 Å². The Kier molecular flexibility index (Phi) is 2.57. The molecule has 0 unspecified atom stereocenters. The van der Waals surface area contributed by atoms with E-state index in [2.05, 4.69) is 28.3 Å². The monoisotopic (exact) mass is 215 g/mol. The van der Waals surface area contributed by atoms with E-state index >= 15 is 0 Å². The maximum absolute atomic E-state index is 8.99. The average Bonchev–Trinajstić information content (AvgIpc) is 2.67. The van der Waals surface area contributed by atoms with Crippen molar-refractivity contribution in [3.05, 3.63) is 22.6 Å². The molecule has 0 aromatic carbocycles. The molecule has 2 rings (SSSR count). The molecule has 0 bridgehead atoms. The van der Waals surface area contributed by atoms with Gasteiger partial charge in [0.2, 0.25) is 0 Å².